The van der Waals surface area contributed by atoms with Crippen LogP contribution in [-0.4, -0.2) is 20.4 Å². The minimum absolute atomic E-state index is 0.138. The summed E-state index contributed by atoms with van der Waals surface area (Å²) in [4.78, 5) is 12.9. The standard InChI is InChI=1S/C23H28N2O3S/c1-14-4-5-15(2)20(10-14)25-29(27,28)22-13-19(8-6-16(22)3)23(26)24-21-12-17-7-9-18(21)11-17/h4-6,8,10,13,17-18,21,25H,7,9,11-12H2,1-3H3,(H,24,26). The lowest BCUT2D eigenvalue weighted by Gasteiger charge is -2.23. The zero-order valence-corrected chi connectivity index (χ0v) is 18.0. The molecule has 0 aliphatic heterocycles. The van der Waals surface area contributed by atoms with Gasteiger partial charge in [-0.25, -0.2) is 8.42 Å². The van der Waals surface area contributed by atoms with Crippen LogP contribution in [-0.2, 0) is 10.0 Å². The number of fused-ring (bicyclic) bond motifs is 2. The lowest BCUT2D eigenvalue weighted by atomic mass is 9.95. The number of carbonyl (C=O) groups excluding carboxylic acids is 1. The van der Waals surface area contributed by atoms with Crippen LogP contribution in [0.2, 0.25) is 0 Å². The van der Waals surface area contributed by atoms with Gasteiger partial charge in [0, 0.05) is 11.6 Å². The van der Waals surface area contributed by atoms with Crippen molar-refractivity contribution >= 4 is 21.6 Å². The second-order valence-electron chi connectivity index (χ2n) is 8.66. The molecule has 0 heterocycles. The Labute approximate surface area is 173 Å². The lowest BCUT2D eigenvalue weighted by molar-refractivity contribution is 0.0922. The van der Waals surface area contributed by atoms with Crippen LogP contribution in [0.25, 0.3) is 0 Å². The Balaban J connectivity index is 1.57. The summed E-state index contributed by atoms with van der Waals surface area (Å²) < 4.78 is 28.8. The normalized spacial score (nSPS) is 23.2. The maximum atomic E-state index is 13.1. The molecule has 0 spiro atoms. The zero-order valence-electron chi connectivity index (χ0n) is 17.2. The van der Waals surface area contributed by atoms with Gasteiger partial charge in [0.2, 0.25) is 0 Å². The van der Waals surface area contributed by atoms with E-state index in [4.69, 9.17) is 0 Å². The molecule has 2 bridgehead atoms. The van der Waals surface area contributed by atoms with Crippen molar-refractivity contribution in [2.75, 3.05) is 4.72 Å². The number of hydrogen-bond donors (Lipinski definition) is 2. The highest BCUT2D eigenvalue weighted by molar-refractivity contribution is 7.92. The van der Waals surface area contributed by atoms with E-state index in [2.05, 4.69) is 10.0 Å². The first-order chi connectivity index (χ1) is 13.7. The molecule has 2 fully saturated rings. The molecular formula is C23H28N2O3S. The maximum Gasteiger partial charge on any atom is 0.262 e. The maximum absolute atomic E-state index is 13.1. The van der Waals surface area contributed by atoms with Gasteiger partial charge in [-0.1, -0.05) is 24.6 Å². The van der Waals surface area contributed by atoms with Gasteiger partial charge in [-0.15, -0.1) is 0 Å². The third-order valence-corrected chi connectivity index (χ3v) is 7.94. The summed E-state index contributed by atoms with van der Waals surface area (Å²) in [5, 5.41) is 3.14. The summed E-state index contributed by atoms with van der Waals surface area (Å²) >= 11 is 0. The van der Waals surface area contributed by atoms with E-state index in [0.29, 0.717) is 22.7 Å². The SMILES string of the molecule is Cc1ccc(C)c(NS(=O)(=O)c2cc(C(=O)NC3CC4CCC3C4)ccc2C)c1. The molecular weight excluding hydrogens is 384 g/mol. The average molecular weight is 413 g/mol. The van der Waals surface area contributed by atoms with E-state index < -0.39 is 10.0 Å². The molecule has 2 aromatic carbocycles. The van der Waals surface area contributed by atoms with Gasteiger partial charge in [-0.05, 0) is 86.8 Å². The van der Waals surface area contributed by atoms with Crippen LogP contribution in [0, 0.1) is 32.6 Å². The van der Waals surface area contributed by atoms with E-state index in [1.807, 2.05) is 32.0 Å². The predicted octanol–water partition coefficient (Wildman–Crippen LogP) is 4.33. The number of anilines is 1. The minimum atomic E-state index is -3.80. The van der Waals surface area contributed by atoms with Crippen LogP contribution >= 0.6 is 0 Å². The summed E-state index contributed by atoms with van der Waals surface area (Å²) in [6, 6.07) is 10.8. The Hall–Kier alpha value is -2.34. The highest BCUT2D eigenvalue weighted by Gasteiger charge is 2.40. The number of hydrogen-bond acceptors (Lipinski definition) is 3. The predicted molar refractivity (Wildman–Crippen MR) is 115 cm³/mol. The van der Waals surface area contributed by atoms with Crippen LogP contribution in [0.4, 0.5) is 5.69 Å². The van der Waals surface area contributed by atoms with Crippen LogP contribution in [0.1, 0.15) is 52.7 Å². The number of aryl methyl sites for hydroxylation is 3. The summed E-state index contributed by atoms with van der Waals surface area (Å²) in [6.07, 6.45) is 4.71. The second kappa shape index (κ2) is 7.48. The Bertz CT molecular complexity index is 1060. The molecule has 2 aliphatic rings. The van der Waals surface area contributed by atoms with Crippen LogP contribution in [0.5, 0.6) is 0 Å². The van der Waals surface area contributed by atoms with Crippen molar-refractivity contribution in [3.05, 3.63) is 58.7 Å². The van der Waals surface area contributed by atoms with Crippen LogP contribution < -0.4 is 10.0 Å². The first kappa shape index (κ1) is 20.0. The third-order valence-electron chi connectivity index (χ3n) is 6.43. The van der Waals surface area contributed by atoms with Gasteiger partial charge >= 0.3 is 0 Å². The van der Waals surface area contributed by atoms with E-state index >= 15 is 0 Å². The van der Waals surface area contributed by atoms with Gasteiger partial charge in [0.15, 0.2) is 0 Å². The molecule has 2 aromatic rings. The van der Waals surface area contributed by atoms with Crippen LogP contribution in [0.3, 0.4) is 0 Å². The topological polar surface area (TPSA) is 75.3 Å². The summed E-state index contributed by atoms with van der Waals surface area (Å²) in [7, 11) is -3.80. The quantitative estimate of drug-likeness (QED) is 0.767. The Morgan fingerprint density at radius 1 is 0.966 bits per heavy atom. The van der Waals surface area contributed by atoms with Crippen molar-refractivity contribution in [2.24, 2.45) is 11.8 Å². The number of benzene rings is 2. The highest BCUT2D eigenvalue weighted by atomic mass is 32.2. The van der Waals surface area contributed by atoms with Crippen molar-refractivity contribution in [3.63, 3.8) is 0 Å². The van der Waals surface area contributed by atoms with Crippen molar-refractivity contribution in [3.8, 4) is 0 Å². The number of carbonyl (C=O) groups is 1. The van der Waals surface area contributed by atoms with Crippen molar-refractivity contribution in [2.45, 2.75) is 57.4 Å². The molecule has 5 nitrogen and oxygen atoms in total. The smallest absolute Gasteiger partial charge is 0.262 e. The molecule has 3 unspecified atom stereocenters. The van der Waals surface area contributed by atoms with Crippen molar-refractivity contribution in [1.29, 1.82) is 0 Å². The van der Waals surface area contributed by atoms with Crippen molar-refractivity contribution in [1.82, 2.24) is 5.32 Å². The molecule has 1 amide bonds. The molecule has 6 heteroatoms. The third kappa shape index (κ3) is 4.04. The van der Waals surface area contributed by atoms with Gasteiger partial charge in [0.05, 0.1) is 10.6 Å². The zero-order chi connectivity index (χ0) is 20.8. The first-order valence-electron chi connectivity index (χ1n) is 10.2. The van der Waals surface area contributed by atoms with Gasteiger partial charge in [-0.3, -0.25) is 9.52 Å². The minimum Gasteiger partial charge on any atom is -0.349 e. The highest BCUT2D eigenvalue weighted by Crippen LogP contribution is 2.44. The Morgan fingerprint density at radius 2 is 1.72 bits per heavy atom. The Morgan fingerprint density at radius 3 is 2.41 bits per heavy atom. The first-order valence-corrected chi connectivity index (χ1v) is 11.7. The fourth-order valence-corrected chi connectivity index (χ4v) is 6.14. The number of sulfonamides is 1. The molecule has 0 radical (unpaired) electrons. The second-order valence-corrected chi connectivity index (χ2v) is 10.3. The molecule has 2 aliphatic carbocycles. The van der Waals surface area contributed by atoms with E-state index in [1.165, 1.54) is 25.3 Å². The Kier molecular flexibility index (Phi) is 5.15. The molecule has 154 valence electrons. The van der Waals surface area contributed by atoms with Gasteiger partial charge in [0.25, 0.3) is 15.9 Å². The van der Waals surface area contributed by atoms with E-state index in [-0.39, 0.29) is 16.8 Å². The summed E-state index contributed by atoms with van der Waals surface area (Å²) in [6.45, 7) is 5.53. The molecule has 3 atom stereocenters. The number of amides is 1. The molecule has 4 rings (SSSR count). The van der Waals surface area contributed by atoms with Gasteiger partial charge in [-0.2, -0.15) is 0 Å². The van der Waals surface area contributed by atoms with Gasteiger partial charge < -0.3 is 5.32 Å². The van der Waals surface area contributed by atoms with Crippen LogP contribution in [0.15, 0.2) is 41.3 Å². The number of rotatable bonds is 5. The molecule has 0 aromatic heterocycles. The largest absolute Gasteiger partial charge is 0.349 e. The van der Waals surface area contributed by atoms with Gasteiger partial charge in [0.1, 0.15) is 0 Å². The fourth-order valence-electron chi connectivity index (χ4n) is 4.75. The lowest BCUT2D eigenvalue weighted by Crippen LogP contribution is -2.38. The van der Waals surface area contributed by atoms with Crippen molar-refractivity contribution < 1.29 is 13.2 Å². The monoisotopic (exact) mass is 412 g/mol. The average Bonchev–Trinajstić information content (AvgIpc) is 3.27. The fraction of sp³-hybridized carbons (Fsp3) is 0.435. The van der Waals surface area contributed by atoms with E-state index in [0.717, 1.165) is 23.5 Å². The summed E-state index contributed by atoms with van der Waals surface area (Å²) in [5.41, 5.74) is 3.38. The number of nitrogens with one attached hydrogen (secondary N) is 2. The molecule has 29 heavy (non-hydrogen) atoms. The van der Waals surface area contributed by atoms with E-state index in [1.54, 1.807) is 19.1 Å². The molecule has 2 N–H and O–H groups in total. The van der Waals surface area contributed by atoms with E-state index in [9.17, 15) is 13.2 Å². The molecule has 2 saturated carbocycles. The molecule has 0 saturated heterocycles. The summed E-state index contributed by atoms with van der Waals surface area (Å²) in [5.74, 6) is 1.12.